The van der Waals surface area contributed by atoms with Gasteiger partial charge < -0.3 is 14.2 Å². The summed E-state index contributed by atoms with van der Waals surface area (Å²) in [4.78, 5) is 11.8. The number of carbonyl (C=O) groups is 1. The van der Waals surface area contributed by atoms with Crippen molar-refractivity contribution >= 4 is 5.97 Å². The molecule has 0 aromatic heterocycles. The topological polar surface area (TPSA) is 44.8 Å². The first kappa shape index (κ1) is 24.0. The van der Waals surface area contributed by atoms with E-state index in [-0.39, 0.29) is 18.0 Å². The fourth-order valence-electron chi connectivity index (χ4n) is 3.18. The van der Waals surface area contributed by atoms with Crippen LogP contribution in [0.3, 0.4) is 0 Å². The highest BCUT2D eigenvalue weighted by molar-refractivity contribution is 5.88. The van der Waals surface area contributed by atoms with E-state index in [1.54, 1.807) is 14.0 Å². The van der Waals surface area contributed by atoms with E-state index in [0.29, 0.717) is 24.7 Å². The third-order valence-corrected chi connectivity index (χ3v) is 4.89. The molecule has 1 rings (SSSR count). The van der Waals surface area contributed by atoms with Crippen LogP contribution in [0.2, 0.25) is 0 Å². The summed E-state index contributed by atoms with van der Waals surface area (Å²) < 4.78 is 16.6. The van der Waals surface area contributed by atoms with Crippen molar-refractivity contribution in [2.45, 2.75) is 60.7 Å². The molecule has 0 aliphatic carbocycles. The Bertz CT molecular complexity index is 658. The van der Waals surface area contributed by atoms with Crippen LogP contribution in [-0.4, -0.2) is 25.8 Å². The predicted molar refractivity (Wildman–Crippen MR) is 114 cm³/mol. The second-order valence-electron chi connectivity index (χ2n) is 7.33. The quantitative estimate of drug-likeness (QED) is 0.276. The molecular weight excluding hydrogens is 352 g/mol. The Morgan fingerprint density at radius 1 is 1.11 bits per heavy atom. The number of hydrogen-bond acceptors (Lipinski definition) is 4. The van der Waals surface area contributed by atoms with Crippen LogP contribution in [0.5, 0.6) is 5.75 Å². The van der Waals surface area contributed by atoms with Crippen LogP contribution in [0.25, 0.3) is 0 Å². The van der Waals surface area contributed by atoms with Gasteiger partial charge in [0, 0.05) is 11.5 Å². The maximum absolute atomic E-state index is 11.8. The van der Waals surface area contributed by atoms with Crippen LogP contribution >= 0.6 is 0 Å². The van der Waals surface area contributed by atoms with Crippen LogP contribution in [0.15, 0.2) is 47.6 Å². The molecule has 0 aliphatic heterocycles. The van der Waals surface area contributed by atoms with Crippen molar-refractivity contribution in [2.24, 2.45) is 11.8 Å². The van der Waals surface area contributed by atoms with Crippen molar-refractivity contribution in [1.82, 2.24) is 0 Å². The summed E-state index contributed by atoms with van der Waals surface area (Å²) in [6.07, 6.45) is 5.19. The van der Waals surface area contributed by atoms with Gasteiger partial charge in [-0.15, -0.1) is 0 Å². The van der Waals surface area contributed by atoms with Crippen LogP contribution in [-0.2, 0) is 20.9 Å². The Hall–Kier alpha value is -2.07. The van der Waals surface area contributed by atoms with E-state index in [1.165, 1.54) is 0 Å². The van der Waals surface area contributed by atoms with Gasteiger partial charge >= 0.3 is 5.97 Å². The number of ether oxygens (including phenoxy) is 3. The normalized spacial score (nSPS) is 15.7. The zero-order chi connectivity index (χ0) is 21.1. The maximum atomic E-state index is 11.8. The molecule has 0 amide bonds. The molecule has 0 N–H and O–H groups in total. The van der Waals surface area contributed by atoms with Gasteiger partial charge in [-0.25, -0.2) is 4.79 Å². The second kappa shape index (κ2) is 12.4. The number of allylic oxidation sites excluding steroid dienone is 2. The van der Waals surface area contributed by atoms with Gasteiger partial charge in [0.1, 0.15) is 5.75 Å². The molecule has 4 nitrogen and oxygen atoms in total. The van der Waals surface area contributed by atoms with Gasteiger partial charge in [-0.2, -0.15) is 0 Å². The summed E-state index contributed by atoms with van der Waals surface area (Å²) in [6.45, 7) is 13.1. The van der Waals surface area contributed by atoms with Gasteiger partial charge in [0.05, 0.1) is 26.4 Å². The second-order valence-corrected chi connectivity index (χ2v) is 7.33. The average Bonchev–Trinajstić information content (AvgIpc) is 2.68. The minimum atomic E-state index is -0.267. The van der Waals surface area contributed by atoms with Gasteiger partial charge in [0.15, 0.2) is 0 Å². The van der Waals surface area contributed by atoms with E-state index in [2.05, 4.69) is 26.8 Å². The third kappa shape index (κ3) is 7.89. The molecule has 1 aromatic carbocycles. The van der Waals surface area contributed by atoms with Gasteiger partial charge in [-0.3, -0.25) is 0 Å². The monoisotopic (exact) mass is 388 g/mol. The molecule has 0 saturated carbocycles. The lowest BCUT2D eigenvalue weighted by molar-refractivity contribution is -0.138. The standard InChI is InChI=1S/C24H36O4/c1-8-18(4)23(28-16-21-10-12-22(26-7)13-11-21)19(5)14-17(3)15-20(6)24(25)27-9-2/h10-15,18-19,23H,8-9,16H2,1-7H3/b17-14+,20-15+/t18-,19-,23+/m0/s1. The molecule has 0 saturated heterocycles. The zero-order valence-corrected chi connectivity index (χ0v) is 18.5. The minimum Gasteiger partial charge on any atom is -0.497 e. The lowest BCUT2D eigenvalue weighted by atomic mass is 9.90. The first-order valence-electron chi connectivity index (χ1n) is 10.1. The van der Waals surface area contributed by atoms with E-state index in [1.807, 2.05) is 44.2 Å². The number of benzene rings is 1. The Balaban J connectivity index is 2.84. The summed E-state index contributed by atoms with van der Waals surface area (Å²) in [5.74, 6) is 1.22. The van der Waals surface area contributed by atoms with E-state index in [9.17, 15) is 4.79 Å². The first-order valence-corrected chi connectivity index (χ1v) is 10.1. The molecule has 0 unspecified atom stereocenters. The lowest BCUT2D eigenvalue weighted by Crippen LogP contribution is -2.28. The molecule has 0 heterocycles. The van der Waals surface area contributed by atoms with E-state index in [0.717, 1.165) is 23.3 Å². The fraction of sp³-hybridized carbons (Fsp3) is 0.542. The van der Waals surface area contributed by atoms with Crippen molar-refractivity contribution in [1.29, 1.82) is 0 Å². The highest BCUT2D eigenvalue weighted by atomic mass is 16.5. The fourth-order valence-corrected chi connectivity index (χ4v) is 3.18. The largest absolute Gasteiger partial charge is 0.497 e. The van der Waals surface area contributed by atoms with Gasteiger partial charge in [-0.1, -0.05) is 51.0 Å². The Morgan fingerprint density at radius 2 is 1.75 bits per heavy atom. The third-order valence-electron chi connectivity index (χ3n) is 4.89. The molecule has 0 radical (unpaired) electrons. The Morgan fingerprint density at radius 3 is 2.29 bits per heavy atom. The predicted octanol–water partition coefficient (Wildman–Crippen LogP) is 5.72. The van der Waals surface area contributed by atoms with Crippen molar-refractivity contribution in [3.8, 4) is 5.75 Å². The lowest BCUT2D eigenvalue weighted by Gasteiger charge is -2.28. The summed E-state index contributed by atoms with van der Waals surface area (Å²) in [5, 5.41) is 0. The number of esters is 1. The van der Waals surface area contributed by atoms with Crippen LogP contribution in [0.1, 0.15) is 53.5 Å². The number of carbonyl (C=O) groups excluding carboxylic acids is 1. The van der Waals surface area contributed by atoms with E-state index < -0.39 is 0 Å². The van der Waals surface area contributed by atoms with Crippen molar-refractivity contribution < 1.29 is 19.0 Å². The maximum Gasteiger partial charge on any atom is 0.333 e. The van der Waals surface area contributed by atoms with Crippen LogP contribution < -0.4 is 4.74 Å². The molecule has 4 heteroatoms. The molecule has 0 aliphatic rings. The molecule has 1 aromatic rings. The number of rotatable bonds is 11. The van der Waals surface area contributed by atoms with Gasteiger partial charge in [0.25, 0.3) is 0 Å². The van der Waals surface area contributed by atoms with Crippen molar-refractivity contribution in [3.63, 3.8) is 0 Å². The Kier molecular flexibility index (Phi) is 10.6. The Labute approximate surface area is 170 Å². The highest BCUT2D eigenvalue weighted by Crippen LogP contribution is 2.24. The van der Waals surface area contributed by atoms with Crippen molar-refractivity contribution in [2.75, 3.05) is 13.7 Å². The van der Waals surface area contributed by atoms with Gasteiger partial charge in [-0.05, 0) is 50.5 Å². The van der Waals surface area contributed by atoms with Gasteiger partial charge in [0.2, 0.25) is 0 Å². The molecular formula is C24H36O4. The summed E-state index contributed by atoms with van der Waals surface area (Å²) in [6, 6.07) is 7.97. The van der Waals surface area contributed by atoms with Crippen LogP contribution in [0.4, 0.5) is 0 Å². The molecule has 0 bridgehead atoms. The molecule has 0 fully saturated rings. The summed E-state index contributed by atoms with van der Waals surface area (Å²) >= 11 is 0. The van der Waals surface area contributed by atoms with E-state index >= 15 is 0 Å². The smallest absolute Gasteiger partial charge is 0.333 e. The SMILES string of the molecule is CCOC(=O)/C(C)=C/C(C)=C/[C@H](C)[C@H](OCc1ccc(OC)cc1)[C@@H](C)CC. The minimum absolute atomic E-state index is 0.0957. The van der Waals surface area contributed by atoms with Crippen molar-refractivity contribution in [3.05, 3.63) is 53.1 Å². The number of methoxy groups -OCH3 is 1. The molecule has 28 heavy (non-hydrogen) atoms. The summed E-state index contributed by atoms with van der Waals surface area (Å²) in [7, 11) is 1.67. The summed E-state index contributed by atoms with van der Waals surface area (Å²) in [5.41, 5.74) is 2.78. The molecule has 3 atom stereocenters. The highest BCUT2D eigenvalue weighted by Gasteiger charge is 2.22. The number of hydrogen-bond donors (Lipinski definition) is 0. The van der Waals surface area contributed by atoms with Crippen LogP contribution in [0, 0.1) is 11.8 Å². The molecule has 156 valence electrons. The first-order chi connectivity index (χ1) is 13.3. The van der Waals surface area contributed by atoms with E-state index in [4.69, 9.17) is 14.2 Å². The average molecular weight is 389 g/mol. The zero-order valence-electron chi connectivity index (χ0n) is 18.5. The molecule has 0 spiro atoms.